The van der Waals surface area contributed by atoms with Crippen molar-refractivity contribution in [2.24, 2.45) is 0 Å². The van der Waals surface area contributed by atoms with E-state index in [1.54, 1.807) is 12.1 Å². The van der Waals surface area contributed by atoms with Crippen LogP contribution in [-0.4, -0.2) is 57.1 Å². The molecule has 1 aliphatic rings. The molecule has 4 N–H and O–H groups in total. The number of aliphatic carboxylic acids is 1. The van der Waals surface area contributed by atoms with Crippen LogP contribution in [-0.2, 0) is 9.53 Å². The molecule has 2 heterocycles. The van der Waals surface area contributed by atoms with Crippen molar-refractivity contribution < 1.29 is 39.1 Å². The molecule has 2 aromatic rings. The van der Waals surface area contributed by atoms with Gasteiger partial charge in [-0.1, -0.05) is 0 Å². The lowest BCUT2D eigenvalue weighted by molar-refractivity contribution is -0.271. The highest BCUT2D eigenvalue weighted by atomic mass is 16.7. The molecule has 9 heteroatoms. The van der Waals surface area contributed by atoms with E-state index in [9.17, 15) is 24.9 Å². The van der Waals surface area contributed by atoms with Gasteiger partial charge in [0.25, 0.3) is 0 Å². The van der Waals surface area contributed by atoms with Crippen molar-refractivity contribution in [3.05, 3.63) is 40.8 Å². The van der Waals surface area contributed by atoms with E-state index >= 15 is 0 Å². The van der Waals surface area contributed by atoms with Crippen LogP contribution in [0.4, 0.5) is 0 Å². The van der Waals surface area contributed by atoms with Gasteiger partial charge in [-0.15, -0.1) is 0 Å². The van der Waals surface area contributed by atoms with Gasteiger partial charge in [-0.2, -0.15) is 0 Å². The van der Waals surface area contributed by atoms with Gasteiger partial charge >= 0.3 is 11.6 Å². The minimum Gasteiger partial charge on any atom is -0.479 e. The molecule has 0 radical (unpaired) electrons. The van der Waals surface area contributed by atoms with Crippen molar-refractivity contribution in [3.8, 4) is 5.75 Å². The molecule has 5 unspecified atom stereocenters. The Balaban J connectivity index is 1.86. The van der Waals surface area contributed by atoms with E-state index < -0.39 is 42.3 Å². The lowest BCUT2D eigenvalue weighted by Gasteiger charge is -2.38. The minimum absolute atomic E-state index is 0.119. The zero-order valence-electron chi connectivity index (χ0n) is 12.1. The summed E-state index contributed by atoms with van der Waals surface area (Å²) in [6.07, 6.45) is -8.52. The molecule has 1 aliphatic heterocycles. The van der Waals surface area contributed by atoms with Crippen LogP contribution in [0.3, 0.4) is 0 Å². The smallest absolute Gasteiger partial charge is 0.336 e. The molecule has 0 bridgehead atoms. The monoisotopic (exact) mass is 338 g/mol. The van der Waals surface area contributed by atoms with Gasteiger partial charge in [-0.25, -0.2) is 9.59 Å². The summed E-state index contributed by atoms with van der Waals surface area (Å²) in [5, 5.41) is 38.9. The number of aliphatic hydroxyl groups excluding tert-OH is 3. The van der Waals surface area contributed by atoms with Crippen LogP contribution >= 0.6 is 0 Å². The number of carboxylic acids is 1. The normalized spacial score (nSPS) is 30.2. The Morgan fingerprint density at radius 1 is 1.04 bits per heavy atom. The average Bonchev–Trinajstić information content (AvgIpc) is 2.54. The summed E-state index contributed by atoms with van der Waals surface area (Å²) in [6.45, 7) is 0. The average molecular weight is 338 g/mol. The van der Waals surface area contributed by atoms with Crippen LogP contribution in [0.1, 0.15) is 0 Å². The highest BCUT2D eigenvalue weighted by molar-refractivity contribution is 5.77. The van der Waals surface area contributed by atoms with E-state index in [2.05, 4.69) is 0 Å². The number of carbonyl (C=O) groups is 1. The van der Waals surface area contributed by atoms with Crippen LogP contribution < -0.4 is 10.4 Å². The van der Waals surface area contributed by atoms with Gasteiger partial charge in [0, 0.05) is 17.5 Å². The summed E-state index contributed by atoms with van der Waals surface area (Å²) in [5.41, 5.74) is -0.334. The zero-order chi connectivity index (χ0) is 17.4. The van der Waals surface area contributed by atoms with Gasteiger partial charge in [0.15, 0.2) is 6.10 Å². The summed E-state index contributed by atoms with van der Waals surface area (Å²) in [4.78, 5) is 22.3. The quantitative estimate of drug-likeness (QED) is 0.521. The van der Waals surface area contributed by atoms with E-state index in [1.807, 2.05) is 0 Å². The fourth-order valence-corrected chi connectivity index (χ4v) is 2.40. The summed E-state index contributed by atoms with van der Waals surface area (Å²) in [6, 6.07) is 7.25. The summed E-state index contributed by atoms with van der Waals surface area (Å²) >= 11 is 0. The first kappa shape index (κ1) is 16.4. The number of carboxylic acid groups (broad SMARTS) is 1. The standard InChI is InChI=1S/C15H14O9/c16-9-4-2-6-1-3-7(5-8(6)23-9)22-15-12(19)10(17)11(18)13(24-15)14(20)21/h1-5,10-13,15,17-19H,(H,20,21). The highest BCUT2D eigenvalue weighted by Crippen LogP contribution is 2.26. The first-order valence-corrected chi connectivity index (χ1v) is 7.00. The maximum Gasteiger partial charge on any atom is 0.336 e. The molecular formula is C15H14O9. The fourth-order valence-electron chi connectivity index (χ4n) is 2.40. The third-order valence-corrected chi connectivity index (χ3v) is 3.66. The van der Waals surface area contributed by atoms with Gasteiger partial charge in [0.1, 0.15) is 29.6 Å². The SMILES string of the molecule is O=C(O)C1OC(Oc2ccc3ccc(=O)oc3c2)C(O)C(O)C1O. The predicted molar refractivity (Wildman–Crippen MR) is 77.4 cm³/mol. The largest absolute Gasteiger partial charge is 0.479 e. The van der Waals surface area contributed by atoms with E-state index in [-0.39, 0.29) is 11.3 Å². The molecular weight excluding hydrogens is 324 g/mol. The number of aliphatic hydroxyl groups is 3. The van der Waals surface area contributed by atoms with Gasteiger partial charge in [0.05, 0.1) is 0 Å². The Labute approximate surface area is 134 Å². The van der Waals surface area contributed by atoms with Gasteiger partial charge in [-0.05, 0) is 18.2 Å². The van der Waals surface area contributed by atoms with Crippen LogP contribution in [0, 0.1) is 0 Å². The Morgan fingerprint density at radius 3 is 2.46 bits per heavy atom. The first-order valence-electron chi connectivity index (χ1n) is 7.00. The molecule has 0 aliphatic carbocycles. The first-order chi connectivity index (χ1) is 11.4. The lowest BCUT2D eigenvalue weighted by Crippen LogP contribution is -2.61. The van der Waals surface area contributed by atoms with Crippen molar-refractivity contribution in [2.75, 3.05) is 0 Å². The Bertz CT molecular complexity index is 814. The molecule has 1 aromatic carbocycles. The van der Waals surface area contributed by atoms with E-state index in [1.165, 1.54) is 18.2 Å². The van der Waals surface area contributed by atoms with Crippen molar-refractivity contribution in [1.29, 1.82) is 0 Å². The Morgan fingerprint density at radius 2 is 1.75 bits per heavy atom. The third kappa shape index (κ3) is 2.97. The second-order valence-electron chi connectivity index (χ2n) is 5.31. The van der Waals surface area contributed by atoms with Gasteiger partial charge in [0.2, 0.25) is 6.29 Å². The minimum atomic E-state index is -1.80. The molecule has 9 nitrogen and oxygen atoms in total. The van der Waals surface area contributed by atoms with Crippen LogP contribution in [0.15, 0.2) is 39.5 Å². The number of benzene rings is 1. The van der Waals surface area contributed by atoms with E-state index in [4.69, 9.17) is 19.0 Å². The molecule has 0 spiro atoms. The number of hydrogen-bond acceptors (Lipinski definition) is 8. The molecule has 0 amide bonds. The molecule has 24 heavy (non-hydrogen) atoms. The van der Waals surface area contributed by atoms with Crippen molar-refractivity contribution >= 4 is 16.9 Å². The molecule has 0 saturated carbocycles. The van der Waals surface area contributed by atoms with Crippen LogP contribution in [0.25, 0.3) is 11.0 Å². The lowest BCUT2D eigenvalue weighted by atomic mass is 9.99. The molecule has 128 valence electrons. The topological polar surface area (TPSA) is 147 Å². The van der Waals surface area contributed by atoms with Crippen molar-refractivity contribution in [3.63, 3.8) is 0 Å². The van der Waals surface area contributed by atoms with Crippen molar-refractivity contribution in [2.45, 2.75) is 30.7 Å². The van der Waals surface area contributed by atoms with Crippen LogP contribution in [0.2, 0.25) is 0 Å². The van der Waals surface area contributed by atoms with E-state index in [0.29, 0.717) is 5.39 Å². The zero-order valence-corrected chi connectivity index (χ0v) is 12.1. The third-order valence-electron chi connectivity index (χ3n) is 3.66. The highest BCUT2D eigenvalue weighted by Gasteiger charge is 2.48. The second kappa shape index (κ2) is 6.21. The Kier molecular flexibility index (Phi) is 4.24. The maximum atomic E-state index is 11.2. The molecule has 1 aromatic heterocycles. The summed E-state index contributed by atoms with van der Waals surface area (Å²) in [5.74, 6) is -1.39. The number of rotatable bonds is 3. The molecule has 1 fully saturated rings. The molecule has 5 atom stereocenters. The molecule has 3 rings (SSSR count). The van der Waals surface area contributed by atoms with Crippen LogP contribution in [0.5, 0.6) is 5.75 Å². The summed E-state index contributed by atoms with van der Waals surface area (Å²) in [7, 11) is 0. The maximum absolute atomic E-state index is 11.2. The van der Waals surface area contributed by atoms with E-state index in [0.717, 1.165) is 0 Å². The number of fused-ring (bicyclic) bond motifs is 1. The fraction of sp³-hybridized carbons (Fsp3) is 0.333. The second-order valence-corrected chi connectivity index (χ2v) is 5.31. The van der Waals surface area contributed by atoms with Gasteiger partial charge in [-0.3, -0.25) is 0 Å². The molecule has 1 saturated heterocycles. The predicted octanol–water partition coefficient (Wildman–Crippen LogP) is -0.936. The number of hydrogen-bond donors (Lipinski definition) is 4. The van der Waals surface area contributed by atoms with Crippen molar-refractivity contribution in [1.82, 2.24) is 0 Å². The number of ether oxygens (including phenoxy) is 2. The summed E-state index contributed by atoms with van der Waals surface area (Å²) < 4.78 is 15.3. The van der Waals surface area contributed by atoms with Gasteiger partial charge < -0.3 is 34.3 Å². The Hall–Kier alpha value is -2.46.